The standard InChI is InChI=1S/C21H23N3O/c25-20-10-16(15-4-2-1-3-5-15)7-9-24(20)19-13-21(11-17(19)12-21)18-6-8-22-23-14-18/h1-6,8,14,16-17,19H,7,9-13H2/t16?,17?,19-,21?/m0/s1. The Hall–Kier alpha value is -2.23. The van der Waals surface area contributed by atoms with Crippen molar-refractivity contribution in [2.24, 2.45) is 5.92 Å². The lowest BCUT2D eigenvalue weighted by Crippen LogP contribution is -2.46. The number of carbonyl (C=O) groups is 1. The Morgan fingerprint density at radius 3 is 2.60 bits per heavy atom. The van der Waals surface area contributed by atoms with Gasteiger partial charge in [0.15, 0.2) is 0 Å². The zero-order valence-corrected chi connectivity index (χ0v) is 14.3. The molecule has 0 radical (unpaired) electrons. The maximum Gasteiger partial charge on any atom is 0.223 e. The summed E-state index contributed by atoms with van der Waals surface area (Å²) in [5.41, 5.74) is 2.88. The highest BCUT2D eigenvalue weighted by Gasteiger charge is 2.59. The lowest BCUT2D eigenvalue weighted by molar-refractivity contribution is -0.137. The number of likely N-dealkylation sites (tertiary alicyclic amines) is 1. The number of hydrogen-bond donors (Lipinski definition) is 0. The highest BCUT2D eigenvalue weighted by atomic mass is 16.2. The van der Waals surface area contributed by atoms with Gasteiger partial charge in [-0.3, -0.25) is 4.79 Å². The number of benzene rings is 1. The van der Waals surface area contributed by atoms with Crippen LogP contribution in [0.3, 0.4) is 0 Å². The molecule has 128 valence electrons. The van der Waals surface area contributed by atoms with Gasteiger partial charge in [-0.2, -0.15) is 10.2 Å². The summed E-state index contributed by atoms with van der Waals surface area (Å²) in [5.74, 6) is 1.41. The Balaban J connectivity index is 1.30. The van der Waals surface area contributed by atoms with E-state index < -0.39 is 0 Å². The predicted octanol–water partition coefficient (Wildman–Crippen LogP) is 3.30. The van der Waals surface area contributed by atoms with Crippen molar-refractivity contribution in [1.29, 1.82) is 0 Å². The van der Waals surface area contributed by atoms with E-state index in [-0.39, 0.29) is 5.41 Å². The molecule has 0 N–H and O–H groups in total. The van der Waals surface area contributed by atoms with Gasteiger partial charge >= 0.3 is 0 Å². The van der Waals surface area contributed by atoms with E-state index in [0.717, 1.165) is 19.4 Å². The van der Waals surface area contributed by atoms with E-state index in [1.165, 1.54) is 24.0 Å². The van der Waals surface area contributed by atoms with E-state index >= 15 is 0 Å². The number of amides is 1. The second-order valence-electron chi connectivity index (χ2n) is 8.04. The smallest absolute Gasteiger partial charge is 0.223 e. The molecule has 2 heterocycles. The molecule has 1 saturated heterocycles. The first-order valence-electron chi connectivity index (χ1n) is 9.37. The minimum absolute atomic E-state index is 0.252. The molecule has 4 nitrogen and oxygen atoms in total. The highest BCUT2D eigenvalue weighted by Crippen LogP contribution is 2.61. The maximum absolute atomic E-state index is 12.9. The molecule has 1 aromatic carbocycles. The summed E-state index contributed by atoms with van der Waals surface area (Å²) in [6.07, 6.45) is 8.97. The van der Waals surface area contributed by atoms with Crippen LogP contribution in [0.25, 0.3) is 0 Å². The van der Waals surface area contributed by atoms with Gasteiger partial charge < -0.3 is 4.90 Å². The molecule has 1 amide bonds. The average Bonchev–Trinajstić information content (AvgIpc) is 3.20. The Kier molecular flexibility index (Phi) is 3.40. The second-order valence-corrected chi connectivity index (χ2v) is 8.04. The van der Waals surface area contributed by atoms with Gasteiger partial charge in [-0.1, -0.05) is 30.3 Å². The van der Waals surface area contributed by atoms with Gasteiger partial charge in [0.05, 0.1) is 6.20 Å². The van der Waals surface area contributed by atoms with Crippen molar-refractivity contribution in [1.82, 2.24) is 15.1 Å². The molecule has 25 heavy (non-hydrogen) atoms. The molecule has 1 aromatic heterocycles. The topological polar surface area (TPSA) is 46.1 Å². The molecule has 4 aliphatic rings. The van der Waals surface area contributed by atoms with Gasteiger partial charge in [-0.05, 0) is 60.1 Å². The summed E-state index contributed by atoms with van der Waals surface area (Å²) < 4.78 is 0. The van der Waals surface area contributed by atoms with Gasteiger partial charge in [-0.25, -0.2) is 0 Å². The second kappa shape index (κ2) is 5.65. The van der Waals surface area contributed by atoms with Gasteiger partial charge in [0.25, 0.3) is 0 Å². The normalized spacial score (nSPS) is 34.0. The lowest BCUT2D eigenvalue weighted by atomic mass is 9.66. The molecule has 1 unspecified atom stereocenters. The molecular formula is C21H23N3O. The first kappa shape index (κ1) is 15.1. The molecule has 6 rings (SSSR count). The number of nitrogens with zero attached hydrogens (tertiary/aromatic N) is 3. The molecule has 3 saturated carbocycles. The van der Waals surface area contributed by atoms with Crippen LogP contribution < -0.4 is 0 Å². The highest BCUT2D eigenvalue weighted by molar-refractivity contribution is 5.78. The number of aromatic nitrogens is 2. The van der Waals surface area contributed by atoms with Crippen molar-refractivity contribution in [2.75, 3.05) is 6.54 Å². The van der Waals surface area contributed by atoms with Gasteiger partial charge in [0.2, 0.25) is 5.91 Å². The fourth-order valence-electron chi connectivity index (χ4n) is 5.48. The largest absolute Gasteiger partial charge is 0.339 e. The van der Waals surface area contributed by atoms with Gasteiger partial charge in [0, 0.05) is 25.2 Å². The van der Waals surface area contributed by atoms with Crippen LogP contribution in [0.4, 0.5) is 0 Å². The summed E-state index contributed by atoms with van der Waals surface area (Å²) in [5, 5.41) is 7.97. The van der Waals surface area contributed by atoms with E-state index in [0.29, 0.717) is 30.2 Å². The molecular weight excluding hydrogens is 310 g/mol. The third-order valence-corrected chi connectivity index (χ3v) is 6.78. The van der Waals surface area contributed by atoms with Crippen LogP contribution in [-0.2, 0) is 10.2 Å². The third kappa shape index (κ3) is 2.38. The zero-order valence-electron chi connectivity index (χ0n) is 14.3. The average molecular weight is 333 g/mol. The Bertz CT molecular complexity index is 770. The van der Waals surface area contributed by atoms with E-state index in [1.807, 2.05) is 12.3 Å². The number of rotatable bonds is 3. The van der Waals surface area contributed by atoms with Crippen LogP contribution >= 0.6 is 0 Å². The molecule has 1 aliphatic heterocycles. The van der Waals surface area contributed by atoms with Crippen molar-refractivity contribution >= 4 is 5.91 Å². The summed E-state index contributed by atoms with van der Waals surface area (Å²) in [6.45, 7) is 0.907. The summed E-state index contributed by atoms with van der Waals surface area (Å²) >= 11 is 0. The van der Waals surface area contributed by atoms with Crippen LogP contribution in [-0.4, -0.2) is 33.6 Å². The molecule has 2 aromatic rings. The minimum Gasteiger partial charge on any atom is -0.339 e. The van der Waals surface area contributed by atoms with Gasteiger partial charge in [-0.15, -0.1) is 0 Å². The summed E-state index contributed by atoms with van der Waals surface area (Å²) in [7, 11) is 0. The minimum atomic E-state index is 0.252. The first-order valence-corrected chi connectivity index (χ1v) is 9.37. The molecule has 2 atom stereocenters. The van der Waals surface area contributed by atoms with E-state index in [2.05, 4.69) is 45.4 Å². The van der Waals surface area contributed by atoms with E-state index in [4.69, 9.17) is 0 Å². The van der Waals surface area contributed by atoms with Gasteiger partial charge in [0.1, 0.15) is 0 Å². The SMILES string of the molecule is O=C1CC(c2ccccc2)CCN1[C@H]1CC2(c3ccnnc3)CC1C2. The number of carbonyl (C=O) groups excluding carboxylic acids is 1. The van der Waals surface area contributed by atoms with Crippen molar-refractivity contribution in [3.05, 3.63) is 59.9 Å². The van der Waals surface area contributed by atoms with Crippen molar-refractivity contribution in [3.8, 4) is 0 Å². The Labute approximate surface area is 148 Å². The summed E-state index contributed by atoms with van der Waals surface area (Å²) in [4.78, 5) is 15.1. The number of fused-ring (bicyclic) bond motifs is 1. The number of hydrogen-bond acceptors (Lipinski definition) is 3. The predicted molar refractivity (Wildman–Crippen MR) is 95.0 cm³/mol. The van der Waals surface area contributed by atoms with Crippen LogP contribution in [0.2, 0.25) is 0 Å². The van der Waals surface area contributed by atoms with Crippen molar-refractivity contribution in [3.63, 3.8) is 0 Å². The maximum atomic E-state index is 12.9. The third-order valence-electron chi connectivity index (χ3n) is 6.78. The number of piperidine rings is 1. The quantitative estimate of drug-likeness (QED) is 0.866. The van der Waals surface area contributed by atoms with Crippen molar-refractivity contribution < 1.29 is 4.79 Å². The molecule has 0 spiro atoms. The van der Waals surface area contributed by atoms with Crippen LogP contribution in [0.5, 0.6) is 0 Å². The Morgan fingerprint density at radius 1 is 1.04 bits per heavy atom. The van der Waals surface area contributed by atoms with Crippen LogP contribution in [0.15, 0.2) is 48.8 Å². The fraction of sp³-hybridized carbons (Fsp3) is 0.476. The van der Waals surface area contributed by atoms with E-state index in [1.54, 1.807) is 6.20 Å². The zero-order chi connectivity index (χ0) is 16.9. The molecule has 4 heteroatoms. The lowest BCUT2D eigenvalue weighted by Gasteiger charge is -2.40. The van der Waals surface area contributed by atoms with Crippen LogP contribution in [0, 0.1) is 5.92 Å². The van der Waals surface area contributed by atoms with Crippen molar-refractivity contribution in [2.45, 2.75) is 49.5 Å². The molecule has 4 fully saturated rings. The first-order chi connectivity index (χ1) is 12.3. The fourth-order valence-corrected chi connectivity index (χ4v) is 5.48. The Morgan fingerprint density at radius 2 is 1.88 bits per heavy atom. The molecule has 2 bridgehead atoms. The molecule has 3 aliphatic carbocycles. The monoisotopic (exact) mass is 333 g/mol. The van der Waals surface area contributed by atoms with E-state index in [9.17, 15) is 4.79 Å². The summed E-state index contributed by atoms with van der Waals surface area (Å²) in [6, 6.07) is 13.0. The van der Waals surface area contributed by atoms with Crippen LogP contribution in [0.1, 0.15) is 49.1 Å².